The van der Waals surface area contributed by atoms with Gasteiger partial charge in [0.05, 0.1) is 5.52 Å². The first-order valence-corrected chi connectivity index (χ1v) is 7.48. The summed E-state index contributed by atoms with van der Waals surface area (Å²) in [7, 11) is 0. The molecule has 25 heavy (non-hydrogen) atoms. The molecular formula is C17H11F2N5O. The maximum atomic E-state index is 13.4. The number of aromatic nitrogens is 5. The van der Waals surface area contributed by atoms with Crippen LogP contribution in [0.4, 0.5) is 8.78 Å². The van der Waals surface area contributed by atoms with E-state index in [0.29, 0.717) is 34.5 Å². The summed E-state index contributed by atoms with van der Waals surface area (Å²) in [4.78, 5) is 15.1. The van der Waals surface area contributed by atoms with Crippen molar-refractivity contribution in [2.75, 3.05) is 0 Å². The lowest BCUT2D eigenvalue weighted by molar-refractivity contribution is 0.101. The van der Waals surface area contributed by atoms with Crippen LogP contribution in [0.25, 0.3) is 16.6 Å². The Bertz CT molecular complexity index is 1140. The van der Waals surface area contributed by atoms with Gasteiger partial charge in [-0.2, -0.15) is 14.0 Å². The Morgan fingerprint density at radius 2 is 1.96 bits per heavy atom. The van der Waals surface area contributed by atoms with Gasteiger partial charge in [-0.05, 0) is 35.9 Å². The van der Waals surface area contributed by atoms with Crippen molar-refractivity contribution in [2.45, 2.75) is 13.3 Å². The maximum Gasteiger partial charge on any atom is 0.249 e. The smallest absolute Gasteiger partial charge is 0.249 e. The molecule has 0 aliphatic carbocycles. The van der Waals surface area contributed by atoms with Crippen LogP contribution in [-0.2, 0) is 6.42 Å². The molecule has 0 amide bonds. The lowest BCUT2D eigenvalue weighted by Crippen LogP contribution is -2.05. The fraction of sp³-hybridized carbons (Fsp3) is 0.118. The molecule has 0 bridgehead atoms. The molecule has 0 unspecified atom stereocenters. The topological polar surface area (TPSA) is 73.0 Å². The first-order valence-electron chi connectivity index (χ1n) is 7.48. The van der Waals surface area contributed by atoms with Crippen molar-refractivity contribution in [1.29, 1.82) is 0 Å². The van der Waals surface area contributed by atoms with Gasteiger partial charge in [0.2, 0.25) is 5.95 Å². The summed E-state index contributed by atoms with van der Waals surface area (Å²) in [6, 6.07) is 9.45. The normalized spacial score (nSPS) is 11.3. The second-order valence-corrected chi connectivity index (χ2v) is 5.63. The molecule has 0 saturated carbocycles. The minimum Gasteiger partial charge on any atom is -0.293 e. The first-order chi connectivity index (χ1) is 12.0. The number of carbonyl (C=O) groups excluding carboxylic acids is 1. The molecule has 1 aromatic carbocycles. The van der Waals surface area contributed by atoms with Crippen molar-refractivity contribution in [3.8, 4) is 0 Å². The highest BCUT2D eigenvalue weighted by Crippen LogP contribution is 2.19. The Morgan fingerprint density at radius 1 is 1.12 bits per heavy atom. The number of carbonyl (C=O) groups is 1. The van der Waals surface area contributed by atoms with E-state index < -0.39 is 11.8 Å². The molecule has 0 N–H and O–H groups in total. The molecule has 0 saturated heterocycles. The van der Waals surface area contributed by atoms with Crippen LogP contribution in [-0.4, -0.2) is 30.6 Å². The van der Waals surface area contributed by atoms with Gasteiger partial charge in [0.1, 0.15) is 5.69 Å². The van der Waals surface area contributed by atoms with Gasteiger partial charge in [0.25, 0.3) is 0 Å². The Hall–Kier alpha value is -3.29. The van der Waals surface area contributed by atoms with Crippen LogP contribution >= 0.6 is 0 Å². The standard InChI is InChI=1S/C17H11F2N5O/c1-9(25)13-4-5-15-21-22-16(24(15)23-13)7-10-2-3-14-11(6-10)8-12(18)17(19)20-14/h2-6,8H,7H2,1H3. The average Bonchev–Trinajstić information content (AvgIpc) is 2.98. The van der Waals surface area contributed by atoms with Gasteiger partial charge in [-0.3, -0.25) is 4.79 Å². The number of benzene rings is 1. The van der Waals surface area contributed by atoms with Gasteiger partial charge < -0.3 is 0 Å². The van der Waals surface area contributed by atoms with Crippen LogP contribution in [0.3, 0.4) is 0 Å². The molecule has 0 fully saturated rings. The Labute approximate surface area is 140 Å². The van der Waals surface area contributed by atoms with Crippen LogP contribution in [0, 0.1) is 11.8 Å². The van der Waals surface area contributed by atoms with Crippen molar-refractivity contribution in [2.24, 2.45) is 0 Å². The highest BCUT2D eigenvalue weighted by molar-refractivity contribution is 5.92. The first kappa shape index (κ1) is 15.3. The van der Waals surface area contributed by atoms with Gasteiger partial charge in [-0.25, -0.2) is 9.37 Å². The van der Waals surface area contributed by atoms with Crippen LogP contribution in [0.5, 0.6) is 0 Å². The third-order valence-corrected chi connectivity index (χ3v) is 3.84. The number of rotatable bonds is 3. The maximum absolute atomic E-state index is 13.4. The van der Waals surface area contributed by atoms with E-state index in [1.54, 1.807) is 30.3 Å². The van der Waals surface area contributed by atoms with E-state index in [9.17, 15) is 13.6 Å². The van der Waals surface area contributed by atoms with Crippen molar-refractivity contribution in [3.63, 3.8) is 0 Å². The van der Waals surface area contributed by atoms with E-state index in [2.05, 4.69) is 20.3 Å². The SMILES string of the molecule is CC(=O)c1ccc2nnc(Cc3ccc4nc(F)c(F)cc4c3)n2n1. The van der Waals surface area contributed by atoms with Gasteiger partial charge in [-0.15, -0.1) is 10.2 Å². The molecule has 0 aliphatic heterocycles. The molecule has 0 radical (unpaired) electrons. The van der Waals surface area contributed by atoms with Crippen molar-refractivity contribution in [1.82, 2.24) is 24.8 Å². The summed E-state index contributed by atoms with van der Waals surface area (Å²) in [6.45, 7) is 1.43. The molecule has 4 rings (SSSR count). The third kappa shape index (κ3) is 2.71. The number of Topliss-reactive ketones (excluding diaryl/α,β-unsaturated/α-hetero) is 1. The highest BCUT2D eigenvalue weighted by Gasteiger charge is 2.12. The number of hydrogen-bond donors (Lipinski definition) is 0. The van der Waals surface area contributed by atoms with Crippen LogP contribution in [0.1, 0.15) is 28.8 Å². The van der Waals surface area contributed by atoms with Crippen LogP contribution < -0.4 is 0 Å². The van der Waals surface area contributed by atoms with Gasteiger partial charge in [0, 0.05) is 18.7 Å². The predicted molar refractivity (Wildman–Crippen MR) is 85.3 cm³/mol. The number of ketones is 1. The fourth-order valence-corrected chi connectivity index (χ4v) is 2.60. The molecule has 3 aromatic heterocycles. The zero-order valence-electron chi connectivity index (χ0n) is 13.1. The molecule has 6 nitrogen and oxygen atoms in total. The number of nitrogens with zero attached hydrogens (tertiary/aromatic N) is 5. The minimum atomic E-state index is -1.12. The molecule has 0 atom stereocenters. The molecule has 124 valence electrons. The van der Waals surface area contributed by atoms with Crippen molar-refractivity contribution >= 4 is 22.3 Å². The van der Waals surface area contributed by atoms with Crippen molar-refractivity contribution < 1.29 is 13.6 Å². The quantitative estimate of drug-likeness (QED) is 0.424. The monoisotopic (exact) mass is 339 g/mol. The fourth-order valence-electron chi connectivity index (χ4n) is 2.60. The number of hydrogen-bond acceptors (Lipinski definition) is 5. The number of halogens is 2. The van der Waals surface area contributed by atoms with E-state index in [4.69, 9.17) is 0 Å². The molecule has 3 heterocycles. The summed E-state index contributed by atoms with van der Waals surface area (Å²) in [5, 5.41) is 12.8. The lowest BCUT2D eigenvalue weighted by atomic mass is 10.1. The second-order valence-electron chi connectivity index (χ2n) is 5.63. The number of pyridine rings is 1. The predicted octanol–water partition coefficient (Wildman–Crippen LogP) is 2.74. The third-order valence-electron chi connectivity index (χ3n) is 3.84. The van der Waals surface area contributed by atoms with E-state index >= 15 is 0 Å². The minimum absolute atomic E-state index is 0.157. The molecule has 0 spiro atoms. The van der Waals surface area contributed by atoms with E-state index in [-0.39, 0.29) is 5.78 Å². The van der Waals surface area contributed by atoms with E-state index in [1.165, 1.54) is 11.4 Å². The Balaban J connectivity index is 1.75. The summed E-state index contributed by atoms with van der Waals surface area (Å²) >= 11 is 0. The average molecular weight is 339 g/mol. The van der Waals surface area contributed by atoms with Gasteiger partial charge >= 0.3 is 0 Å². The summed E-state index contributed by atoms with van der Waals surface area (Å²) < 4.78 is 28.1. The Kier molecular flexibility index (Phi) is 3.45. The Morgan fingerprint density at radius 3 is 2.76 bits per heavy atom. The highest BCUT2D eigenvalue weighted by atomic mass is 19.2. The van der Waals surface area contributed by atoms with Crippen molar-refractivity contribution in [3.05, 3.63) is 65.2 Å². The summed E-state index contributed by atoms with van der Waals surface area (Å²) in [5.74, 6) is -1.74. The van der Waals surface area contributed by atoms with E-state index in [1.807, 2.05) is 0 Å². The molecule has 0 aliphatic rings. The zero-order chi connectivity index (χ0) is 17.6. The van der Waals surface area contributed by atoms with E-state index in [0.717, 1.165) is 11.6 Å². The summed E-state index contributed by atoms with van der Waals surface area (Å²) in [6.07, 6.45) is 0.366. The van der Waals surface area contributed by atoms with Gasteiger partial charge in [-0.1, -0.05) is 6.07 Å². The number of fused-ring (bicyclic) bond motifs is 2. The molecular weight excluding hydrogens is 328 g/mol. The lowest BCUT2D eigenvalue weighted by Gasteiger charge is -2.04. The zero-order valence-corrected chi connectivity index (χ0v) is 13.1. The van der Waals surface area contributed by atoms with Crippen LogP contribution in [0.2, 0.25) is 0 Å². The van der Waals surface area contributed by atoms with Crippen LogP contribution in [0.15, 0.2) is 36.4 Å². The largest absolute Gasteiger partial charge is 0.293 e. The summed E-state index contributed by atoms with van der Waals surface area (Å²) in [5.41, 5.74) is 2.01. The second kappa shape index (κ2) is 5.66. The molecule has 8 heteroatoms. The van der Waals surface area contributed by atoms with Gasteiger partial charge in [0.15, 0.2) is 23.1 Å². The molecule has 4 aromatic rings.